The van der Waals surface area contributed by atoms with Crippen LogP contribution < -0.4 is 19.8 Å². The summed E-state index contributed by atoms with van der Waals surface area (Å²) in [4.78, 5) is 48.6. The van der Waals surface area contributed by atoms with Crippen molar-refractivity contribution in [2.24, 2.45) is 0 Å². The number of nitrogens with zero attached hydrogens (tertiary/aromatic N) is 4. The predicted octanol–water partition coefficient (Wildman–Crippen LogP) is 3.21. The third-order valence-electron chi connectivity index (χ3n) is 8.29. The minimum Gasteiger partial charge on any atom is -0.493 e. The first-order chi connectivity index (χ1) is 22.0. The van der Waals surface area contributed by atoms with E-state index in [1.807, 2.05) is 30.3 Å². The van der Waals surface area contributed by atoms with Gasteiger partial charge in [-0.2, -0.15) is 0 Å². The summed E-state index contributed by atoms with van der Waals surface area (Å²) in [5.74, 6) is 1.53. The van der Waals surface area contributed by atoms with Crippen LogP contribution >= 0.6 is 0 Å². The van der Waals surface area contributed by atoms with Crippen LogP contribution in [-0.4, -0.2) is 91.4 Å². The van der Waals surface area contributed by atoms with E-state index in [0.717, 1.165) is 25.2 Å². The van der Waals surface area contributed by atoms with Gasteiger partial charge in [-0.15, -0.1) is 0 Å². The van der Waals surface area contributed by atoms with Crippen LogP contribution in [0.1, 0.15) is 32.1 Å². The number of hydrogen-bond donors (Lipinski definition) is 0. The maximum Gasteiger partial charge on any atom is 0.261 e. The van der Waals surface area contributed by atoms with Gasteiger partial charge >= 0.3 is 0 Å². The minimum absolute atomic E-state index is 0.0840. The summed E-state index contributed by atoms with van der Waals surface area (Å²) in [6, 6.07) is 17.9. The van der Waals surface area contributed by atoms with Gasteiger partial charge in [0.1, 0.15) is 18.2 Å². The topological polar surface area (TPSA) is 112 Å². The van der Waals surface area contributed by atoms with Crippen LogP contribution in [-0.2, 0) is 24.1 Å². The van der Waals surface area contributed by atoms with E-state index in [9.17, 15) is 14.4 Å². The molecule has 1 fully saturated rings. The van der Waals surface area contributed by atoms with Gasteiger partial charge in [0, 0.05) is 39.1 Å². The molecular weight excluding hydrogens is 576 g/mol. The van der Waals surface area contributed by atoms with E-state index >= 15 is 0 Å². The number of carbonyl (C=O) groups excluding carboxylic acids is 2. The van der Waals surface area contributed by atoms with Crippen molar-refractivity contribution in [1.29, 1.82) is 0 Å². The summed E-state index contributed by atoms with van der Waals surface area (Å²) in [5.41, 5.74) is 2.03. The second-order valence-electron chi connectivity index (χ2n) is 11.0. The molecule has 3 aromatic carbocycles. The molecule has 0 spiro atoms. The molecule has 0 bridgehead atoms. The molecule has 2 aliphatic heterocycles. The van der Waals surface area contributed by atoms with Crippen molar-refractivity contribution in [2.45, 2.75) is 19.4 Å². The van der Waals surface area contributed by atoms with Crippen LogP contribution in [0, 0.1) is 0 Å². The molecule has 11 heteroatoms. The summed E-state index contributed by atoms with van der Waals surface area (Å²) in [6.07, 6.45) is 0.759. The van der Waals surface area contributed by atoms with Crippen molar-refractivity contribution < 1.29 is 28.5 Å². The lowest BCUT2D eigenvalue weighted by Crippen LogP contribution is -2.38. The highest BCUT2D eigenvalue weighted by molar-refractivity contribution is 6.21. The molecule has 0 saturated carbocycles. The van der Waals surface area contributed by atoms with Crippen LogP contribution in [0.15, 0.2) is 65.5 Å². The number of aryl methyl sites for hydroxylation is 1. The number of methoxy groups -OCH3 is 2. The van der Waals surface area contributed by atoms with Crippen molar-refractivity contribution in [2.75, 3.05) is 60.2 Å². The summed E-state index contributed by atoms with van der Waals surface area (Å²) in [6.45, 7) is 4.83. The first kappa shape index (κ1) is 30.3. The highest BCUT2D eigenvalue weighted by Gasteiger charge is 2.36. The van der Waals surface area contributed by atoms with E-state index in [4.69, 9.17) is 23.9 Å². The second kappa shape index (κ2) is 13.5. The van der Waals surface area contributed by atoms with Crippen LogP contribution in [0.5, 0.6) is 17.2 Å². The summed E-state index contributed by atoms with van der Waals surface area (Å²) < 4.78 is 23.7. The molecule has 0 aliphatic carbocycles. The van der Waals surface area contributed by atoms with E-state index in [1.54, 1.807) is 49.1 Å². The molecule has 0 unspecified atom stereocenters. The highest BCUT2D eigenvalue weighted by Crippen LogP contribution is 2.29. The molecule has 2 aliphatic rings. The van der Waals surface area contributed by atoms with Gasteiger partial charge in [-0.25, -0.2) is 4.98 Å². The number of ether oxygens (including phenoxy) is 4. The molecule has 45 heavy (non-hydrogen) atoms. The number of morpholine rings is 1. The third kappa shape index (κ3) is 6.40. The fourth-order valence-electron chi connectivity index (χ4n) is 5.80. The molecule has 6 rings (SSSR count). The smallest absolute Gasteiger partial charge is 0.261 e. The zero-order valence-corrected chi connectivity index (χ0v) is 25.5. The quantitative estimate of drug-likeness (QED) is 0.223. The van der Waals surface area contributed by atoms with Gasteiger partial charge in [0.25, 0.3) is 17.4 Å². The van der Waals surface area contributed by atoms with Crippen molar-refractivity contribution >= 4 is 22.7 Å². The van der Waals surface area contributed by atoms with E-state index in [2.05, 4.69) is 4.90 Å². The lowest BCUT2D eigenvalue weighted by atomic mass is 10.1. The largest absolute Gasteiger partial charge is 0.493 e. The van der Waals surface area contributed by atoms with Crippen molar-refractivity contribution in [3.05, 3.63) is 93.5 Å². The van der Waals surface area contributed by atoms with Crippen LogP contribution in [0.25, 0.3) is 10.9 Å². The third-order valence-corrected chi connectivity index (χ3v) is 8.29. The van der Waals surface area contributed by atoms with Crippen LogP contribution in [0.2, 0.25) is 0 Å². The Balaban J connectivity index is 1.17. The number of fused-ring (bicyclic) bond motifs is 2. The average Bonchev–Trinajstić information content (AvgIpc) is 3.31. The predicted molar refractivity (Wildman–Crippen MR) is 168 cm³/mol. The Labute approximate surface area is 260 Å². The Morgan fingerprint density at radius 1 is 0.800 bits per heavy atom. The lowest BCUT2D eigenvalue weighted by Gasteiger charge is -2.26. The van der Waals surface area contributed by atoms with Gasteiger partial charge in [0.2, 0.25) is 0 Å². The Morgan fingerprint density at radius 3 is 2.38 bits per heavy atom. The SMILES string of the molecule is COc1ccc(CCn2c(CCN3C(=O)c4ccc(OCCN5CCOCC5)cc4C3=O)nc3ccccc3c2=O)cc1OC. The molecular formula is C34H36N4O7. The van der Waals surface area contributed by atoms with Crippen molar-refractivity contribution in [1.82, 2.24) is 19.4 Å². The van der Waals surface area contributed by atoms with Crippen molar-refractivity contribution in [3.8, 4) is 17.2 Å². The number of carbonyl (C=O) groups is 2. The van der Waals surface area contributed by atoms with E-state index < -0.39 is 0 Å². The maximum atomic E-state index is 13.6. The van der Waals surface area contributed by atoms with Gasteiger partial charge in [0.15, 0.2) is 11.5 Å². The molecule has 0 atom stereocenters. The average molecular weight is 613 g/mol. The molecule has 2 amide bonds. The molecule has 1 saturated heterocycles. The zero-order chi connectivity index (χ0) is 31.3. The number of imide groups is 1. The Hall–Kier alpha value is -4.74. The zero-order valence-electron chi connectivity index (χ0n) is 25.5. The number of para-hydroxylation sites is 1. The molecule has 234 valence electrons. The number of amides is 2. The Bertz CT molecular complexity index is 1780. The number of rotatable bonds is 12. The monoisotopic (exact) mass is 612 g/mol. The Morgan fingerprint density at radius 2 is 1.58 bits per heavy atom. The molecule has 11 nitrogen and oxygen atoms in total. The van der Waals surface area contributed by atoms with E-state index in [0.29, 0.717) is 77.9 Å². The van der Waals surface area contributed by atoms with Crippen LogP contribution in [0.3, 0.4) is 0 Å². The molecule has 1 aromatic heterocycles. The van der Waals surface area contributed by atoms with Gasteiger partial charge in [-0.3, -0.25) is 28.8 Å². The first-order valence-electron chi connectivity index (χ1n) is 15.1. The summed E-state index contributed by atoms with van der Waals surface area (Å²) in [7, 11) is 3.16. The van der Waals surface area contributed by atoms with Crippen LogP contribution in [0.4, 0.5) is 0 Å². The number of benzene rings is 3. The highest BCUT2D eigenvalue weighted by atomic mass is 16.5. The number of hydrogen-bond acceptors (Lipinski definition) is 9. The minimum atomic E-state index is -0.381. The lowest BCUT2D eigenvalue weighted by molar-refractivity contribution is 0.0322. The fraction of sp³-hybridized carbons (Fsp3) is 0.353. The molecule has 0 N–H and O–H groups in total. The number of aromatic nitrogens is 2. The first-order valence-corrected chi connectivity index (χ1v) is 15.1. The van der Waals surface area contributed by atoms with Gasteiger partial charge in [-0.05, 0) is 54.4 Å². The maximum absolute atomic E-state index is 13.6. The van der Waals surface area contributed by atoms with Gasteiger partial charge < -0.3 is 18.9 Å². The van der Waals surface area contributed by atoms with E-state index in [-0.39, 0.29) is 30.3 Å². The van der Waals surface area contributed by atoms with E-state index in [1.165, 1.54) is 4.90 Å². The summed E-state index contributed by atoms with van der Waals surface area (Å²) in [5, 5.41) is 0.510. The van der Waals surface area contributed by atoms with Gasteiger partial charge in [-0.1, -0.05) is 18.2 Å². The van der Waals surface area contributed by atoms with Gasteiger partial charge in [0.05, 0.1) is 49.5 Å². The summed E-state index contributed by atoms with van der Waals surface area (Å²) >= 11 is 0. The standard InChI is InChI=1S/C34H36N4O7/c1-42-29-10-7-23(21-30(29)43-2)11-13-37-31(35-28-6-4-3-5-26(28)33(37)40)12-14-38-32(39)25-9-8-24(22-27(25)34(38)41)45-20-17-36-15-18-44-19-16-36/h3-10,21-22H,11-20H2,1-2H3. The fourth-order valence-corrected chi connectivity index (χ4v) is 5.80. The second-order valence-corrected chi connectivity index (χ2v) is 11.0. The molecule has 0 radical (unpaired) electrons. The molecule has 4 aromatic rings. The normalized spacial score (nSPS) is 15.0. The Kier molecular flexibility index (Phi) is 9.08. The molecule has 3 heterocycles. The van der Waals surface area contributed by atoms with Crippen molar-refractivity contribution in [3.63, 3.8) is 0 Å².